The first-order valence-corrected chi connectivity index (χ1v) is 9.57. The fourth-order valence-electron chi connectivity index (χ4n) is 3.36. The Morgan fingerprint density at radius 3 is 2.54 bits per heavy atom. The molecule has 132 valence electrons. The van der Waals surface area contributed by atoms with E-state index in [4.69, 9.17) is 0 Å². The predicted molar refractivity (Wildman–Crippen MR) is 89.6 cm³/mol. The van der Waals surface area contributed by atoms with Crippen LogP contribution in [-0.4, -0.2) is 43.4 Å². The van der Waals surface area contributed by atoms with Crippen LogP contribution in [0.15, 0.2) is 5.16 Å². The molecule has 0 spiro atoms. The number of urea groups is 1. The fourth-order valence-corrected chi connectivity index (χ4v) is 4.22. The van der Waals surface area contributed by atoms with Gasteiger partial charge in [0.2, 0.25) is 11.1 Å². The topological polar surface area (TPSA) is 102 Å². The van der Waals surface area contributed by atoms with Crippen molar-refractivity contribution in [1.82, 2.24) is 30.8 Å². The number of imide groups is 1. The molecule has 1 heterocycles. The van der Waals surface area contributed by atoms with Crippen molar-refractivity contribution < 1.29 is 9.59 Å². The lowest BCUT2D eigenvalue weighted by Gasteiger charge is -2.15. The number of nitrogens with one attached hydrogen (secondary N) is 2. The summed E-state index contributed by atoms with van der Waals surface area (Å²) in [7, 11) is 0. The second kappa shape index (κ2) is 7.96. The third-order valence-electron chi connectivity index (χ3n) is 4.71. The number of nitrogens with zero attached hydrogens (tertiary/aromatic N) is 4. The van der Waals surface area contributed by atoms with Crippen LogP contribution in [0.3, 0.4) is 0 Å². The van der Waals surface area contributed by atoms with Gasteiger partial charge in [-0.2, -0.15) is 0 Å². The third-order valence-corrected chi connectivity index (χ3v) is 5.76. The first-order valence-electron chi connectivity index (χ1n) is 8.69. The molecule has 0 saturated heterocycles. The third kappa shape index (κ3) is 4.25. The van der Waals surface area contributed by atoms with Crippen molar-refractivity contribution in [2.75, 3.05) is 0 Å². The van der Waals surface area contributed by atoms with Gasteiger partial charge in [0.15, 0.2) is 0 Å². The first-order chi connectivity index (χ1) is 11.6. The van der Waals surface area contributed by atoms with E-state index < -0.39 is 11.3 Å². The molecule has 0 bridgehead atoms. The van der Waals surface area contributed by atoms with Gasteiger partial charge in [-0.15, -0.1) is 5.10 Å². The van der Waals surface area contributed by atoms with Crippen LogP contribution in [0.25, 0.3) is 0 Å². The SMILES string of the molecule is C[C@H](Sc1nnnn1C1CCCC1)C(=O)NC(=O)NC1CCCC1. The van der Waals surface area contributed by atoms with Gasteiger partial charge < -0.3 is 5.32 Å². The monoisotopic (exact) mass is 352 g/mol. The summed E-state index contributed by atoms with van der Waals surface area (Å²) in [5.74, 6) is -0.323. The summed E-state index contributed by atoms with van der Waals surface area (Å²) >= 11 is 1.29. The summed E-state index contributed by atoms with van der Waals surface area (Å²) in [5, 5.41) is 17.3. The van der Waals surface area contributed by atoms with Crippen molar-refractivity contribution in [1.29, 1.82) is 0 Å². The molecule has 2 saturated carbocycles. The molecule has 0 aromatic carbocycles. The lowest BCUT2D eigenvalue weighted by Crippen LogP contribution is -2.46. The van der Waals surface area contributed by atoms with Crippen molar-refractivity contribution in [3.05, 3.63) is 0 Å². The van der Waals surface area contributed by atoms with Crippen molar-refractivity contribution in [2.45, 2.75) is 80.8 Å². The maximum absolute atomic E-state index is 12.2. The van der Waals surface area contributed by atoms with Crippen molar-refractivity contribution in [3.8, 4) is 0 Å². The normalized spacial score (nSPS) is 20.2. The number of rotatable bonds is 5. The molecule has 8 nitrogen and oxygen atoms in total. The lowest BCUT2D eigenvalue weighted by atomic mass is 10.2. The van der Waals surface area contributed by atoms with Crippen molar-refractivity contribution >= 4 is 23.7 Å². The number of hydrogen-bond acceptors (Lipinski definition) is 6. The Labute approximate surface area is 145 Å². The molecule has 1 aromatic rings. The highest BCUT2D eigenvalue weighted by Gasteiger charge is 2.26. The molecule has 0 unspecified atom stereocenters. The molecule has 2 aliphatic carbocycles. The summed E-state index contributed by atoms with van der Waals surface area (Å²) in [6.07, 6.45) is 8.76. The van der Waals surface area contributed by atoms with E-state index >= 15 is 0 Å². The Morgan fingerprint density at radius 1 is 1.17 bits per heavy atom. The summed E-state index contributed by atoms with van der Waals surface area (Å²) in [6.45, 7) is 1.76. The van der Waals surface area contributed by atoms with Gasteiger partial charge in [0, 0.05) is 6.04 Å². The average Bonchev–Trinajstić information content (AvgIpc) is 3.28. The van der Waals surface area contributed by atoms with Gasteiger partial charge in [-0.25, -0.2) is 9.48 Å². The Morgan fingerprint density at radius 2 is 1.83 bits per heavy atom. The molecule has 2 N–H and O–H groups in total. The van der Waals surface area contributed by atoms with Gasteiger partial charge in [-0.3, -0.25) is 10.1 Å². The van der Waals surface area contributed by atoms with Crippen LogP contribution in [0, 0.1) is 0 Å². The van der Waals surface area contributed by atoms with Crippen LogP contribution in [-0.2, 0) is 4.79 Å². The van der Waals surface area contributed by atoms with E-state index in [0.717, 1.165) is 38.5 Å². The largest absolute Gasteiger partial charge is 0.335 e. The minimum Gasteiger partial charge on any atom is -0.335 e. The van der Waals surface area contributed by atoms with E-state index in [1.807, 2.05) is 4.68 Å². The van der Waals surface area contributed by atoms with Gasteiger partial charge in [0.05, 0.1) is 11.3 Å². The molecule has 1 atom stereocenters. The maximum atomic E-state index is 12.2. The zero-order valence-corrected chi connectivity index (χ0v) is 14.7. The summed E-state index contributed by atoms with van der Waals surface area (Å²) in [6, 6.07) is 0.105. The van der Waals surface area contributed by atoms with Crippen LogP contribution < -0.4 is 10.6 Å². The Hall–Kier alpha value is -1.64. The van der Waals surface area contributed by atoms with E-state index in [-0.39, 0.29) is 11.9 Å². The predicted octanol–water partition coefficient (Wildman–Crippen LogP) is 2.04. The highest BCUT2D eigenvalue weighted by Crippen LogP contribution is 2.32. The first kappa shape index (κ1) is 17.2. The molecule has 0 radical (unpaired) electrons. The molecular weight excluding hydrogens is 328 g/mol. The number of carbonyl (C=O) groups excluding carboxylic acids is 2. The van der Waals surface area contributed by atoms with Gasteiger partial charge in [-0.05, 0) is 43.0 Å². The second-order valence-corrected chi connectivity index (χ2v) is 7.86. The molecule has 9 heteroatoms. The minimum absolute atomic E-state index is 0.190. The number of carbonyl (C=O) groups is 2. The van der Waals surface area contributed by atoms with Crippen molar-refractivity contribution in [2.24, 2.45) is 0 Å². The van der Waals surface area contributed by atoms with Gasteiger partial charge >= 0.3 is 6.03 Å². The standard InChI is InChI=1S/C15H24N6O2S/c1-10(13(22)17-14(23)16-11-6-2-3-7-11)24-15-18-19-20-21(15)12-8-4-5-9-12/h10-12H,2-9H2,1H3,(H2,16,17,22,23)/t10-/m0/s1. The molecule has 1 aromatic heterocycles. The zero-order chi connectivity index (χ0) is 16.9. The van der Waals surface area contributed by atoms with Crippen LogP contribution in [0.1, 0.15) is 64.3 Å². The van der Waals surface area contributed by atoms with E-state index in [1.165, 1.54) is 24.6 Å². The van der Waals surface area contributed by atoms with Crippen LogP contribution >= 0.6 is 11.8 Å². The maximum Gasteiger partial charge on any atom is 0.321 e. The summed E-state index contributed by atoms with van der Waals surface area (Å²) < 4.78 is 1.82. The van der Waals surface area contributed by atoms with Crippen LogP contribution in [0.2, 0.25) is 0 Å². The number of aromatic nitrogens is 4. The fraction of sp³-hybridized carbons (Fsp3) is 0.800. The summed E-state index contributed by atoms with van der Waals surface area (Å²) in [5.41, 5.74) is 0. The Bertz CT molecular complexity index is 580. The second-order valence-electron chi connectivity index (χ2n) is 6.55. The number of tetrazole rings is 1. The van der Waals surface area contributed by atoms with Gasteiger partial charge in [0.25, 0.3) is 0 Å². The molecule has 2 fully saturated rings. The van der Waals surface area contributed by atoms with E-state index in [1.54, 1.807) is 6.92 Å². The molecule has 0 aliphatic heterocycles. The van der Waals surface area contributed by atoms with Crippen molar-refractivity contribution in [3.63, 3.8) is 0 Å². The quantitative estimate of drug-likeness (QED) is 0.786. The smallest absolute Gasteiger partial charge is 0.321 e. The Balaban J connectivity index is 1.50. The summed E-state index contributed by atoms with van der Waals surface area (Å²) in [4.78, 5) is 24.1. The zero-order valence-electron chi connectivity index (χ0n) is 13.9. The van der Waals surface area contributed by atoms with E-state index in [0.29, 0.717) is 11.2 Å². The van der Waals surface area contributed by atoms with E-state index in [2.05, 4.69) is 26.2 Å². The molecule has 2 aliphatic rings. The van der Waals surface area contributed by atoms with Gasteiger partial charge in [0.1, 0.15) is 0 Å². The van der Waals surface area contributed by atoms with E-state index in [9.17, 15) is 9.59 Å². The van der Waals surface area contributed by atoms with Gasteiger partial charge in [-0.1, -0.05) is 37.4 Å². The number of amides is 3. The lowest BCUT2D eigenvalue weighted by molar-refractivity contribution is -0.119. The Kier molecular flexibility index (Phi) is 5.70. The van der Waals surface area contributed by atoms with Crippen LogP contribution in [0.5, 0.6) is 0 Å². The molecule has 24 heavy (non-hydrogen) atoms. The minimum atomic E-state index is -0.439. The number of thioether (sulfide) groups is 1. The number of hydrogen-bond donors (Lipinski definition) is 2. The highest BCUT2D eigenvalue weighted by molar-refractivity contribution is 8.00. The molecular formula is C15H24N6O2S. The molecule has 3 rings (SSSR count). The van der Waals surface area contributed by atoms with Crippen LogP contribution in [0.4, 0.5) is 4.79 Å². The highest BCUT2D eigenvalue weighted by atomic mass is 32.2. The average molecular weight is 352 g/mol. The molecule has 3 amide bonds.